The zero-order valence-corrected chi connectivity index (χ0v) is 17.9. The van der Waals surface area contributed by atoms with Crippen molar-refractivity contribution in [3.8, 4) is 5.75 Å². The van der Waals surface area contributed by atoms with Crippen LogP contribution < -0.4 is 9.64 Å². The molecule has 0 aliphatic heterocycles. The summed E-state index contributed by atoms with van der Waals surface area (Å²) in [5.41, 5.74) is 2.22. The van der Waals surface area contributed by atoms with Crippen LogP contribution in [0.2, 0.25) is 0 Å². The molecule has 7 nitrogen and oxygen atoms in total. The van der Waals surface area contributed by atoms with Gasteiger partial charge < -0.3 is 9.64 Å². The molecule has 1 amide bonds. The third kappa shape index (κ3) is 4.18. The molecule has 28 heavy (non-hydrogen) atoms. The Morgan fingerprint density at radius 1 is 1.25 bits per heavy atom. The van der Waals surface area contributed by atoms with Crippen LogP contribution in [0, 0.1) is 6.92 Å². The summed E-state index contributed by atoms with van der Waals surface area (Å²) in [5.74, 6) is 0.665. The molecule has 3 aromatic rings. The van der Waals surface area contributed by atoms with Gasteiger partial charge in [-0.3, -0.25) is 14.4 Å². The Kier molecular flexibility index (Phi) is 6.31. The lowest BCUT2D eigenvalue weighted by atomic mass is 10.3. The van der Waals surface area contributed by atoms with E-state index in [4.69, 9.17) is 9.72 Å². The monoisotopic (exact) mass is 401 g/mol. The molecule has 1 aromatic carbocycles. The average molecular weight is 402 g/mol. The number of thiazole rings is 1. The molecule has 0 bridgehead atoms. The number of anilines is 1. The van der Waals surface area contributed by atoms with Crippen LogP contribution in [0.1, 0.15) is 30.0 Å². The topological polar surface area (TPSA) is 63.5 Å². The molecule has 0 spiro atoms. The number of amides is 1. The molecule has 150 valence electrons. The van der Waals surface area contributed by atoms with Gasteiger partial charge in [0.05, 0.1) is 17.0 Å². The summed E-state index contributed by atoms with van der Waals surface area (Å²) in [4.78, 5) is 22.0. The predicted molar refractivity (Wildman–Crippen MR) is 114 cm³/mol. The van der Waals surface area contributed by atoms with Crippen molar-refractivity contribution in [1.82, 2.24) is 19.7 Å². The molecule has 0 atom stereocenters. The second kappa shape index (κ2) is 8.70. The number of carbonyl (C=O) groups is 1. The Hall–Kier alpha value is -2.45. The molecule has 0 unspecified atom stereocenters. The van der Waals surface area contributed by atoms with Gasteiger partial charge in [0.1, 0.15) is 17.0 Å². The van der Waals surface area contributed by atoms with E-state index < -0.39 is 0 Å². The van der Waals surface area contributed by atoms with Gasteiger partial charge in [-0.2, -0.15) is 5.10 Å². The van der Waals surface area contributed by atoms with E-state index in [0.717, 1.165) is 28.2 Å². The van der Waals surface area contributed by atoms with Crippen LogP contribution in [0.4, 0.5) is 5.13 Å². The van der Waals surface area contributed by atoms with Gasteiger partial charge in [-0.1, -0.05) is 17.4 Å². The second-order valence-electron chi connectivity index (χ2n) is 6.78. The molecule has 2 aromatic heterocycles. The number of aromatic nitrogens is 3. The zero-order chi connectivity index (χ0) is 20.3. The maximum Gasteiger partial charge on any atom is 0.278 e. The first kappa shape index (κ1) is 20.3. The van der Waals surface area contributed by atoms with E-state index in [1.807, 2.05) is 59.1 Å². The van der Waals surface area contributed by atoms with Crippen LogP contribution in [0.3, 0.4) is 0 Å². The number of ether oxygens (including phenoxy) is 1. The molecule has 0 fully saturated rings. The molecule has 3 rings (SSSR count). The van der Waals surface area contributed by atoms with Gasteiger partial charge in [-0.15, -0.1) is 0 Å². The van der Waals surface area contributed by atoms with Crippen LogP contribution in [-0.4, -0.2) is 59.4 Å². The van der Waals surface area contributed by atoms with E-state index >= 15 is 0 Å². The largest absolute Gasteiger partial charge is 0.492 e. The predicted octanol–water partition coefficient (Wildman–Crippen LogP) is 3.43. The lowest BCUT2D eigenvalue weighted by Gasteiger charge is -2.22. The summed E-state index contributed by atoms with van der Waals surface area (Å²) >= 11 is 1.51. The Labute approximate surface area is 169 Å². The van der Waals surface area contributed by atoms with E-state index in [2.05, 4.69) is 10.00 Å². The summed E-state index contributed by atoms with van der Waals surface area (Å²) in [7, 11) is 3.99. The first-order valence-corrected chi connectivity index (χ1v) is 10.3. The first-order valence-electron chi connectivity index (χ1n) is 9.48. The van der Waals surface area contributed by atoms with Crippen LogP contribution in [0.5, 0.6) is 5.75 Å². The van der Waals surface area contributed by atoms with Crippen molar-refractivity contribution in [2.75, 3.05) is 38.7 Å². The fourth-order valence-electron chi connectivity index (χ4n) is 2.98. The average Bonchev–Trinajstić information content (AvgIpc) is 3.25. The van der Waals surface area contributed by atoms with Crippen molar-refractivity contribution in [2.24, 2.45) is 0 Å². The van der Waals surface area contributed by atoms with Gasteiger partial charge in [0, 0.05) is 19.6 Å². The molecule has 0 aliphatic carbocycles. The number of hydrogen-bond donors (Lipinski definition) is 0. The van der Waals surface area contributed by atoms with Crippen molar-refractivity contribution in [3.05, 3.63) is 35.7 Å². The fourth-order valence-corrected chi connectivity index (χ4v) is 3.99. The van der Waals surface area contributed by atoms with Crippen molar-refractivity contribution in [3.63, 3.8) is 0 Å². The molecule has 2 heterocycles. The summed E-state index contributed by atoms with van der Waals surface area (Å²) in [6, 6.07) is 7.72. The minimum absolute atomic E-state index is 0.0821. The van der Waals surface area contributed by atoms with Crippen LogP contribution >= 0.6 is 11.3 Å². The maximum absolute atomic E-state index is 13.4. The number of fused-ring (bicyclic) bond motifs is 1. The number of para-hydroxylation sites is 1. The van der Waals surface area contributed by atoms with Crippen molar-refractivity contribution < 1.29 is 9.53 Å². The lowest BCUT2D eigenvalue weighted by Crippen LogP contribution is -2.37. The van der Waals surface area contributed by atoms with Crippen molar-refractivity contribution >= 4 is 32.6 Å². The maximum atomic E-state index is 13.4. The molecule has 0 saturated carbocycles. The number of benzene rings is 1. The third-order valence-electron chi connectivity index (χ3n) is 4.34. The molecule has 0 N–H and O–H groups in total. The van der Waals surface area contributed by atoms with Gasteiger partial charge in [0.25, 0.3) is 5.91 Å². The first-order chi connectivity index (χ1) is 13.4. The minimum atomic E-state index is -0.0821. The van der Waals surface area contributed by atoms with E-state index in [9.17, 15) is 4.79 Å². The third-order valence-corrected chi connectivity index (χ3v) is 5.38. The molecular formula is C20H27N5O2S. The van der Waals surface area contributed by atoms with E-state index in [1.54, 1.807) is 9.58 Å². The van der Waals surface area contributed by atoms with Gasteiger partial charge >= 0.3 is 0 Å². The van der Waals surface area contributed by atoms with Crippen molar-refractivity contribution in [1.29, 1.82) is 0 Å². The molecule has 8 heteroatoms. The highest BCUT2D eigenvalue weighted by atomic mass is 32.1. The normalized spacial score (nSPS) is 11.4. The Morgan fingerprint density at radius 3 is 2.71 bits per heavy atom. The summed E-state index contributed by atoms with van der Waals surface area (Å²) in [5, 5.41) is 5.10. The number of carbonyl (C=O) groups excluding carboxylic acids is 1. The second-order valence-corrected chi connectivity index (χ2v) is 7.79. The SMILES string of the molecule is CCOc1cccc2sc(N(CCN(C)C)C(=O)c3cc(C)nn3CC)nc12. The zero-order valence-electron chi connectivity index (χ0n) is 17.1. The van der Waals surface area contributed by atoms with E-state index in [-0.39, 0.29) is 5.91 Å². The van der Waals surface area contributed by atoms with Gasteiger partial charge in [-0.25, -0.2) is 4.98 Å². The van der Waals surface area contributed by atoms with Crippen LogP contribution in [-0.2, 0) is 6.54 Å². The minimum Gasteiger partial charge on any atom is -0.492 e. The number of hydrogen-bond acceptors (Lipinski definition) is 6. The Bertz CT molecular complexity index is 963. The van der Waals surface area contributed by atoms with Gasteiger partial charge in [0.15, 0.2) is 5.13 Å². The van der Waals surface area contributed by atoms with E-state index in [0.29, 0.717) is 30.5 Å². The number of rotatable bonds is 8. The van der Waals surface area contributed by atoms with Gasteiger partial charge in [-0.05, 0) is 53.1 Å². The molecule has 0 saturated heterocycles. The number of aryl methyl sites for hydroxylation is 2. The molecule has 0 radical (unpaired) electrons. The van der Waals surface area contributed by atoms with Gasteiger partial charge in [0.2, 0.25) is 0 Å². The lowest BCUT2D eigenvalue weighted by molar-refractivity contribution is 0.0975. The Balaban J connectivity index is 2.03. The summed E-state index contributed by atoms with van der Waals surface area (Å²) in [6.45, 7) is 8.34. The molecular weight excluding hydrogens is 374 g/mol. The molecule has 0 aliphatic rings. The smallest absolute Gasteiger partial charge is 0.278 e. The highest BCUT2D eigenvalue weighted by Crippen LogP contribution is 2.34. The Morgan fingerprint density at radius 2 is 2.04 bits per heavy atom. The standard InChI is InChI=1S/C20H27N5O2S/c1-6-25-15(13-14(3)22-25)19(26)24(12-11-23(4)5)20-21-18-16(27-7-2)9-8-10-17(18)28-20/h8-10,13H,6-7,11-12H2,1-5H3. The van der Waals surface area contributed by atoms with Crippen LogP contribution in [0.15, 0.2) is 24.3 Å². The van der Waals surface area contributed by atoms with Crippen molar-refractivity contribution in [2.45, 2.75) is 27.3 Å². The fraction of sp³-hybridized carbons (Fsp3) is 0.450. The highest BCUT2D eigenvalue weighted by molar-refractivity contribution is 7.22. The number of likely N-dealkylation sites (N-methyl/N-ethyl adjacent to an activating group) is 1. The summed E-state index contributed by atoms with van der Waals surface area (Å²) < 4.78 is 8.47. The number of nitrogens with zero attached hydrogens (tertiary/aromatic N) is 5. The highest BCUT2D eigenvalue weighted by Gasteiger charge is 2.25. The van der Waals surface area contributed by atoms with E-state index in [1.165, 1.54) is 11.3 Å². The quantitative estimate of drug-likeness (QED) is 0.579. The summed E-state index contributed by atoms with van der Waals surface area (Å²) in [6.07, 6.45) is 0. The van der Waals surface area contributed by atoms with Crippen LogP contribution in [0.25, 0.3) is 10.2 Å².